The maximum atomic E-state index is 12.6. The Hall–Kier alpha value is -1.46. The molecule has 0 spiro atoms. The van der Waals surface area contributed by atoms with Crippen molar-refractivity contribution in [2.45, 2.75) is 51.4 Å². The van der Waals surface area contributed by atoms with Crippen LogP contribution in [0, 0.1) is 5.92 Å². The van der Waals surface area contributed by atoms with Gasteiger partial charge >= 0.3 is 5.97 Å². The summed E-state index contributed by atoms with van der Waals surface area (Å²) in [5, 5.41) is 16.6. The Morgan fingerprint density at radius 1 is 1.00 bits per heavy atom. The molecule has 0 bridgehead atoms. The normalized spacial score (nSPS) is 15.4. The molecule has 9 nitrogen and oxygen atoms in total. The Morgan fingerprint density at radius 2 is 1.56 bits per heavy atom. The van der Waals surface area contributed by atoms with Crippen molar-refractivity contribution in [1.29, 1.82) is 0 Å². The van der Waals surface area contributed by atoms with E-state index in [0.29, 0.717) is 12.2 Å². The highest BCUT2D eigenvalue weighted by molar-refractivity contribution is 7.98. The Balaban J connectivity index is 5.22. The number of nitrogens with one attached hydrogen (secondary N) is 3. The standard InChI is InChI=1S/C16H30N4O5S2/c1-8(2)12(20-13(21)9(3)17)15(23)18-10(5-6-27-4)14(22)19-11(7-26)16(24)25/h8-12,26H,5-7,17H2,1-4H3,(H,18,23)(H,19,22)(H,20,21)(H,24,25). The molecule has 0 aromatic rings. The maximum absolute atomic E-state index is 12.6. The number of amides is 3. The van der Waals surface area contributed by atoms with Crippen LogP contribution >= 0.6 is 24.4 Å². The van der Waals surface area contributed by atoms with E-state index in [1.54, 1.807) is 13.8 Å². The lowest BCUT2D eigenvalue weighted by Crippen LogP contribution is -2.58. The zero-order valence-corrected chi connectivity index (χ0v) is 17.7. The van der Waals surface area contributed by atoms with Gasteiger partial charge < -0.3 is 26.8 Å². The van der Waals surface area contributed by atoms with E-state index >= 15 is 0 Å². The molecule has 0 aromatic carbocycles. The van der Waals surface area contributed by atoms with Crippen LogP contribution in [0.3, 0.4) is 0 Å². The van der Waals surface area contributed by atoms with Gasteiger partial charge in [0.1, 0.15) is 18.1 Å². The molecular formula is C16H30N4O5S2. The second kappa shape index (κ2) is 12.8. The van der Waals surface area contributed by atoms with Crippen molar-refractivity contribution >= 4 is 48.1 Å². The van der Waals surface area contributed by atoms with Crippen LogP contribution in [-0.4, -0.2) is 70.7 Å². The minimum absolute atomic E-state index is 0.0800. The van der Waals surface area contributed by atoms with Gasteiger partial charge in [-0.05, 0) is 31.3 Å². The third kappa shape index (κ3) is 9.34. The number of carboxylic acid groups (broad SMARTS) is 1. The van der Waals surface area contributed by atoms with Gasteiger partial charge in [0.15, 0.2) is 0 Å². The fourth-order valence-corrected chi connectivity index (χ4v) is 2.76. The van der Waals surface area contributed by atoms with Crippen LogP contribution < -0.4 is 21.7 Å². The molecule has 0 heterocycles. The second-order valence-electron chi connectivity index (χ2n) is 6.44. The van der Waals surface area contributed by atoms with E-state index in [4.69, 9.17) is 10.8 Å². The molecule has 0 rings (SSSR count). The largest absolute Gasteiger partial charge is 0.480 e. The van der Waals surface area contributed by atoms with Crippen molar-refractivity contribution in [3.05, 3.63) is 0 Å². The van der Waals surface area contributed by atoms with Gasteiger partial charge in [0, 0.05) is 5.75 Å². The SMILES string of the molecule is CSCCC(NC(=O)C(NC(=O)C(C)N)C(C)C)C(=O)NC(CS)C(=O)O. The monoisotopic (exact) mass is 422 g/mol. The molecule has 4 atom stereocenters. The molecule has 4 unspecified atom stereocenters. The van der Waals surface area contributed by atoms with Gasteiger partial charge in [0.25, 0.3) is 0 Å². The Labute approximate surface area is 169 Å². The Kier molecular flexibility index (Phi) is 12.1. The fraction of sp³-hybridized carbons (Fsp3) is 0.750. The van der Waals surface area contributed by atoms with Crippen molar-refractivity contribution in [1.82, 2.24) is 16.0 Å². The zero-order valence-electron chi connectivity index (χ0n) is 16.0. The summed E-state index contributed by atoms with van der Waals surface area (Å²) in [6.45, 7) is 5.01. The van der Waals surface area contributed by atoms with Crippen molar-refractivity contribution in [3.63, 3.8) is 0 Å². The number of thioether (sulfide) groups is 1. The summed E-state index contributed by atoms with van der Waals surface area (Å²) in [7, 11) is 0. The molecule has 0 radical (unpaired) electrons. The quantitative estimate of drug-likeness (QED) is 0.226. The van der Waals surface area contributed by atoms with Gasteiger partial charge in [-0.15, -0.1) is 0 Å². The number of carbonyl (C=O) groups excluding carboxylic acids is 3. The van der Waals surface area contributed by atoms with Crippen LogP contribution in [0.4, 0.5) is 0 Å². The lowest BCUT2D eigenvalue weighted by Gasteiger charge is -2.26. The first-order chi connectivity index (χ1) is 12.5. The van der Waals surface area contributed by atoms with Gasteiger partial charge in [-0.25, -0.2) is 4.79 Å². The van der Waals surface area contributed by atoms with E-state index in [9.17, 15) is 19.2 Å². The molecule has 0 aliphatic heterocycles. The smallest absolute Gasteiger partial charge is 0.327 e. The van der Waals surface area contributed by atoms with Gasteiger partial charge in [0.2, 0.25) is 17.7 Å². The van der Waals surface area contributed by atoms with Crippen molar-refractivity contribution < 1.29 is 24.3 Å². The molecule has 0 aromatic heterocycles. The molecular weight excluding hydrogens is 392 g/mol. The lowest BCUT2D eigenvalue weighted by atomic mass is 10.0. The van der Waals surface area contributed by atoms with Crippen LogP contribution in [0.2, 0.25) is 0 Å². The summed E-state index contributed by atoms with van der Waals surface area (Å²) < 4.78 is 0. The maximum Gasteiger partial charge on any atom is 0.327 e. The second-order valence-corrected chi connectivity index (χ2v) is 7.79. The number of thiol groups is 1. The van der Waals surface area contributed by atoms with Crippen LogP contribution in [0.25, 0.3) is 0 Å². The zero-order chi connectivity index (χ0) is 21.1. The summed E-state index contributed by atoms with van der Waals surface area (Å²) in [4.78, 5) is 48.0. The number of rotatable bonds is 12. The lowest BCUT2D eigenvalue weighted by molar-refractivity contribution is -0.141. The van der Waals surface area contributed by atoms with Crippen LogP contribution in [0.1, 0.15) is 27.2 Å². The predicted molar refractivity (Wildman–Crippen MR) is 109 cm³/mol. The highest BCUT2D eigenvalue weighted by Gasteiger charge is 2.30. The highest BCUT2D eigenvalue weighted by Crippen LogP contribution is 2.06. The summed E-state index contributed by atoms with van der Waals surface area (Å²) in [6, 6.07) is -3.73. The molecule has 0 saturated heterocycles. The third-order valence-corrected chi connectivity index (χ3v) is 4.71. The third-order valence-electron chi connectivity index (χ3n) is 3.70. The summed E-state index contributed by atoms with van der Waals surface area (Å²) in [5.74, 6) is -2.56. The molecule has 6 N–H and O–H groups in total. The van der Waals surface area contributed by atoms with E-state index in [2.05, 4.69) is 28.6 Å². The van der Waals surface area contributed by atoms with Gasteiger partial charge in [0.05, 0.1) is 6.04 Å². The van der Waals surface area contributed by atoms with Gasteiger partial charge in [-0.3, -0.25) is 14.4 Å². The first-order valence-electron chi connectivity index (χ1n) is 8.54. The van der Waals surface area contributed by atoms with Crippen LogP contribution in [-0.2, 0) is 19.2 Å². The van der Waals surface area contributed by atoms with E-state index in [0.717, 1.165) is 0 Å². The average Bonchev–Trinajstić information content (AvgIpc) is 2.59. The number of hydrogen-bond acceptors (Lipinski definition) is 7. The highest BCUT2D eigenvalue weighted by atomic mass is 32.2. The molecule has 3 amide bonds. The van der Waals surface area contributed by atoms with E-state index < -0.39 is 47.9 Å². The minimum atomic E-state index is -1.21. The molecule has 0 saturated carbocycles. The summed E-state index contributed by atoms with van der Waals surface area (Å²) >= 11 is 5.39. The molecule has 27 heavy (non-hydrogen) atoms. The number of hydrogen-bond donors (Lipinski definition) is 6. The molecule has 0 fully saturated rings. The number of nitrogens with two attached hydrogens (primary N) is 1. The topological polar surface area (TPSA) is 151 Å². The summed E-state index contributed by atoms with van der Waals surface area (Å²) in [6.07, 6.45) is 2.16. The number of carbonyl (C=O) groups is 4. The van der Waals surface area contributed by atoms with E-state index in [1.807, 2.05) is 6.26 Å². The molecule has 0 aliphatic rings. The first kappa shape index (κ1) is 25.5. The molecule has 11 heteroatoms. The van der Waals surface area contributed by atoms with Crippen molar-refractivity contribution in [2.24, 2.45) is 11.7 Å². The van der Waals surface area contributed by atoms with Crippen LogP contribution in [0.15, 0.2) is 0 Å². The Morgan fingerprint density at radius 3 is 1.96 bits per heavy atom. The van der Waals surface area contributed by atoms with Crippen molar-refractivity contribution in [3.8, 4) is 0 Å². The first-order valence-corrected chi connectivity index (χ1v) is 10.6. The van der Waals surface area contributed by atoms with Crippen LogP contribution in [0.5, 0.6) is 0 Å². The van der Waals surface area contributed by atoms with E-state index in [1.165, 1.54) is 18.7 Å². The fourth-order valence-electron chi connectivity index (χ4n) is 2.04. The minimum Gasteiger partial charge on any atom is -0.480 e. The summed E-state index contributed by atoms with van der Waals surface area (Å²) in [5.41, 5.74) is 5.52. The molecule has 0 aliphatic carbocycles. The number of aliphatic carboxylic acids is 1. The number of carboxylic acids is 1. The predicted octanol–water partition coefficient (Wildman–Crippen LogP) is -0.788. The van der Waals surface area contributed by atoms with Crippen molar-refractivity contribution in [2.75, 3.05) is 17.8 Å². The Bertz CT molecular complexity index is 531. The van der Waals surface area contributed by atoms with Gasteiger partial charge in [-0.1, -0.05) is 13.8 Å². The molecule has 156 valence electrons. The average molecular weight is 423 g/mol. The van der Waals surface area contributed by atoms with Gasteiger partial charge in [-0.2, -0.15) is 24.4 Å². The van der Waals surface area contributed by atoms with E-state index in [-0.39, 0.29) is 11.7 Å².